The highest BCUT2D eigenvalue weighted by molar-refractivity contribution is 7.92. The van der Waals surface area contributed by atoms with Crippen LogP contribution in [0.4, 0.5) is 5.69 Å². The second kappa shape index (κ2) is 7.75. The van der Waals surface area contributed by atoms with Gasteiger partial charge in [-0.2, -0.15) is 5.10 Å². The Bertz CT molecular complexity index is 1010. The first-order valence-electron chi connectivity index (χ1n) is 8.52. The molecule has 0 bridgehead atoms. The van der Waals surface area contributed by atoms with Crippen LogP contribution in [0.25, 0.3) is 11.3 Å². The number of aromatic amines is 1. The smallest absolute Gasteiger partial charge is 0.265 e. The SMILES string of the molecule is CCCOc1ccc(-c2cccc(NS(=O)(=O)c3c(C)n[nH]c3C)c2)nn1. The number of ether oxygens (including phenoxy) is 1. The van der Waals surface area contributed by atoms with Gasteiger partial charge in [-0.15, -0.1) is 10.2 Å². The summed E-state index contributed by atoms with van der Waals surface area (Å²) in [4.78, 5) is 0.158. The highest BCUT2D eigenvalue weighted by atomic mass is 32.2. The molecule has 0 spiro atoms. The molecule has 0 fully saturated rings. The lowest BCUT2D eigenvalue weighted by Crippen LogP contribution is -2.14. The predicted octanol–water partition coefficient (Wildman–Crippen LogP) is 3.07. The van der Waals surface area contributed by atoms with Crippen molar-refractivity contribution in [3.63, 3.8) is 0 Å². The lowest BCUT2D eigenvalue weighted by Gasteiger charge is -2.10. The van der Waals surface area contributed by atoms with Crippen molar-refractivity contribution >= 4 is 15.7 Å². The summed E-state index contributed by atoms with van der Waals surface area (Å²) in [5, 5.41) is 14.8. The summed E-state index contributed by atoms with van der Waals surface area (Å²) in [5.74, 6) is 0.461. The van der Waals surface area contributed by atoms with Gasteiger partial charge in [0.2, 0.25) is 5.88 Å². The van der Waals surface area contributed by atoms with Gasteiger partial charge in [0.1, 0.15) is 4.90 Å². The zero-order valence-electron chi connectivity index (χ0n) is 15.4. The standard InChI is InChI=1S/C18H21N5O3S/c1-4-10-26-17-9-8-16(21-22-17)14-6-5-7-15(11-14)23-27(24,25)18-12(2)19-20-13(18)3/h5-9,11,23H,4,10H2,1-3H3,(H,19,20). The highest BCUT2D eigenvalue weighted by Crippen LogP contribution is 2.25. The zero-order valence-corrected chi connectivity index (χ0v) is 16.2. The molecule has 9 heteroatoms. The molecule has 1 aromatic carbocycles. The predicted molar refractivity (Wildman–Crippen MR) is 102 cm³/mol. The Morgan fingerprint density at radius 2 is 1.96 bits per heavy atom. The van der Waals surface area contributed by atoms with E-state index in [0.29, 0.717) is 35.3 Å². The normalized spacial score (nSPS) is 11.4. The zero-order chi connectivity index (χ0) is 19.4. The maximum atomic E-state index is 12.7. The Kier molecular flexibility index (Phi) is 5.41. The molecular formula is C18H21N5O3S. The van der Waals surface area contributed by atoms with Gasteiger partial charge in [0.25, 0.3) is 10.0 Å². The topological polar surface area (TPSA) is 110 Å². The maximum Gasteiger partial charge on any atom is 0.265 e. The second-order valence-corrected chi connectivity index (χ2v) is 7.67. The quantitative estimate of drug-likeness (QED) is 0.645. The first kappa shape index (κ1) is 18.8. The van der Waals surface area contributed by atoms with Gasteiger partial charge in [0.15, 0.2) is 0 Å². The number of aromatic nitrogens is 4. The number of aryl methyl sites for hydroxylation is 2. The molecule has 2 heterocycles. The number of anilines is 1. The minimum absolute atomic E-state index is 0.158. The van der Waals surface area contributed by atoms with Crippen molar-refractivity contribution in [1.29, 1.82) is 0 Å². The number of nitrogens with zero attached hydrogens (tertiary/aromatic N) is 3. The van der Waals surface area contributed by atoms with Crippen LogP contribution < -0.4 is 9.46 Å². The van der Waals surface area contributed by atoms with E-state index in [2.05, 4.69) is 25.1 Å². The number of H-pyrrole nitrogens is 1. The summed E-state index contributed by atoms with van der Waals surface area (Å²) >= 11 is 0. The number of hydrogen-bond donors (Lipinski definition) is 2. The molecule has 0 saturated heterocycles. The van der Waals surface area contributed by atoms with Gasteiger partial charge in [-0.05, 0) is 38.5 Å². The molecule has 2 N–H and O–H groups in total. The minimum Gasteiger partial charge on any atom is -0.477 e. The molecule has 0 amide bonds. The van der Waals surface area contributed by atoms with Crippen LogP contribution in [0.15, 0.2) is 41.3 Å². The second-order valence-electron chi connectivity index (χ2n) is 6.05. The molecule has 0 radical (unpaired) electrons. The third kappa shape index (κ3) is 4.25. The van der Waals surface area contributed by atoms with E-state index in [-0.39, 0.29) is 4.90 Å². The Balaban J connectivity index is 1.84. The molecule has 3 rings (SSSR count). The molecule has 142 valence electrons. The molecule has 27 heavy (non-hydrogen) atoms. The maximum absolute atomic E-state index is 12.7. The fourth-order valence-electron chi connectivity index (χ4n) is 2.64. The molecule has 0 aliphatic rings. The van der Waals surface area contributed by atoms with Gasteiger partial charge in [-0.25, -0.2) is 8.42 Å². The third-order valence-electron chi connectivity index (χ3n) is 3.83. The monoisotopic (exact) mass is 387 g/mol. The summed E-state index contributed by atoms with van der Waals surface area (Å²) in [6.07, 6.45) is 0.890. The number of benzene rings is 1. The van der Waals surface area contributed by atoms with Crippen molar-refractivity contribution in [2.45, 2.75) is 32.1 Å². The van der Waals surface area contributed by atoms with Crippen molar-refractivity contribution in [3.8, 4) is 17.1 Å². The van der Waals surface area contributed by atoms with Gasteiger partial charge >= 0.3 is 0 Å². The lowest BCUT2D eigenvalue weighted by atomic mass is 10.1. The van der Waals surface area contributed by atoms with Crippen LogP contribution in [0.3, 0.4) is 0 Å². The van der Waals surface area contributed by atoms with E-state index in [4.69, 9.17) is 4.74 Å². The molecule has 2 aromatic heterocycles. The molecule has 0 aliphatic heterocycles. The molecule has 0 unspecified atom stereocenters. The third-order valence-corrected chi connectivity index (χ3v) is 5.48. The van der Waals surface area contributed by atoms with E-state index >= 15 is 0 Å². The van der Waals surface area contributed by atoms with Crippen LogP contribution >= 0.6 is 0 Å². The molecule has 3 aromatic rings. The fourth-order valence-corrected chi connectivity index (χ4v) is 4.07. The van der Waals surface area contributed by atoms with Crippen molar-refractivity contribution in [2.75, 3.05) is 11.3 Å². The van der Waals surface area contributed by atoms with Gasteiger partial charge < -0.3 is 4.74 Å². The average molecular weight is 387 g/mol. The number of hydrogen-bond acceptors (Lipinski definition) is 6. The first-order chi connectivity index (χ1) is 12.9. The largest absolute Gasteiger partial charge is 0.477 e. The van der Waals surface area contributed by atoms with Crippen LogP contribution in [0.2, 0.25) is 0 Å². The van der Waals surface area contributed by atoms with Crippen LogP contribution in [-0.2, 0) is 10.0 Å². The van der Waals surface area contributed by atoms with Crippen molar-refractivity contribution < 1.29 is 13.2 Å². The summed E-state index contributed by atoms with van der Waals surface area (Å²) < 4.78 is 33.4. The van der Waals surface area contributed by atoms with Crippen LogP contribution in [0.1, 0.15) is 24.7 Å². The number of nitrogens with one attached hydrogen (secondary N) is 2. The van der Waals surface area contributed by atoms with Crippen molar-refractivity contribution in [1.82, 2.24) is 20.4 Å². The fraction of sp³-hybridized carbons (Fsp3) is 0.278. The van der Waals surface area contributed by atoms with E-state index in [0.717, 1.165) is 12.0 Å². The Morgan fingerprint density at radius 3 is 2.59 bits per heavy atom. The lowest BCUT2D eigenvalue weighted by molar-refractivity contribution is 0.302. The average Bonchev–Trinajstić information content (AvgIpc) is 2.99. The molecular weight excluding hydrogens is 366 g/mol. The number of sulfonamides is 1. The van der Waals surface area contributed by atoms with E-state index < -0.39 is 10.0 Å². The summed E-state index contributed by atoms with van der Waals surface area (Å²) in [6.45, 7) is 5.91. The first-order valence-corrected chi connectivity index (χ1v) is 10.0. The summed E-state index contributed by atoms with van der Waals surface area (Å²) in [5.41, 5.74) is 2.70. The Hall–Kier alpha value is -2.94. The van der Waals surface area contributed by atoms with Crippen molar-refractivity contribution in [2.24, 2.45) is 0 Å². The summed E-state index contributed by atoms with van der Waals surface area (Å²) in [6, 6.07) is 10.5. The molecule has 0 aliphatic carbocycles. The van der Waals surface area contributed by atoms with Crippen molar-refractivity contribution in [3.05, 3.63) is 47.8 Å². The molecule has 0 atom stereocenters. The molecule has 0 saturated carbocycles. The van der Waals surface area contributed by atoms with Gasteiger partial charge in [-0.3, -0.25) is 9.82 Å². The van der Waals surface area contributed by atoms with Gasteiger partial charge in [0.05, 0.1) is 23.7 Å². The Labute approximate surface area is 158 Å². The highest BCUT2D eigenvalue weighted by Gasteiger charge is 2.22. The van der Waals surface area contributed by atoms with Crippen LogP contribution in [0.5, 0.6) is 5.88 Å². The van der Waals surface area contributed by atoms with E-state index in [1.54, 1.807) is 44.2 Å². The van der Waals surface area contributed by atoms with E-state index in [1.807, 2.05) is 13.0 Å². The van der Waals surface area contributed by atoms with Crippen LogP contribution in [0, 0.1) is 13.8 Å². The van der Waals surface area contributed by atoms with Gasteiger partial charge in [0, 0.05) is 17.3 Å². The van der Waals surface area contributed by atoms with E-state index in [1.165, 1.54) is 0 Å². The Morgan fingerprint density at radius 1 is 1.15 bits per heavy atom. The minimum atomic E-state index is -3.75. The molecule has 8 nitrogen and oxygen atoms in total. The van der Waals surface area contributed by atoms with E-state index in [9.17, 15) is 8.42 Å². The summed E-state index contributed by atoms with van der Waals surface area (Å²) in [7, 11) is -3.75. The number of rotatable bonds is 7. The van der Waals surface area contributed by atoms with Gasteiger partial charge in [-0.1, -0.05) is 19.1 Å². The van der Waals surface area contributed by atoms with Crippen LogP contribution in [-0.4, -0.2) is 35.4 Å².